The van der Waals surface area contributed by atoms with E-state index in [1.54, 1.807) is 20.3 Å². The third-order valence-corrected chi connectivity index (χ3v) is 5.70. The van der Waals surface area contributed by atoms with Crippen molar-refractivity contribution >= 4 is 10.0 Å². The van der Waals surface area contributed by atoms with Crippen LogP contribution in [0.1, 0.15) is 37.7 Å². The summed E-state index contributed by atoms with van der Waals surface area (Å²) in [4.78, 5) is 0. The van der Waals surface area contributed by atoms with E-state index in [4.69, 9.17) is 0 Å². The van der Waals surface area contributed by atoms with E-state index in [-0.39, 0.29) is 11.1 Å². The van der Waals surface area contributed by atoms with Crippen LogP contribution in [0.3, 0.4) is 0 Å². The van der Waals surface area contributed by atoms with Crippen LogP contribution < -0.4 is 5.32 Å². The molecule has 0 amide bonds. The van der Waals surface area contributed by atoms with Crippen molar-refractivity contribution in [2.45, 2.75) is 49.7 Å². The van der Waals surface area contributed by atoms with Gasteiger partial charge in [0.15, 0.2) is 5.03 Å². The van der Waals surface area contributed by atoms with Crippen LogP contribution in [-0.2, 0) is 16.6 Å². The lowest BCUT2D eigenvalue weighted by molar-refractivity contribution is 0.285. The van der Waals surface area contributed by atoms with Gasteiger partial charge in [-0.25, -0.2) is 8.42 Å². The summed E-state index contributed by atoms with van der Waals surface area (Å²) in [6, 6.07) is 0.115. The Morgan fingerprint density at radius 2 is 2.11 bits per heavy atom. The molecular weight excluding hydrogens is 264 g/mol. The van der Waals surface area contributed by atoms with Crippen molar-refractivity contribution in [1.82, 2.24) is 19.8 Å². The Morgan fingerprint density at radius 3 is 2.74 bits per heavy atom. The zero-order valence-electron chi connectivity index (χ0n) is 11.5. The van der Waals surface area contributed by atoms with Crippen LogP contribution in [0.5, 0.6) is 0 Å². The zero-order chi connectivity index (χ0) is 13.9. The van der Waals surface area contributed by atoms with Gasteiger partial charge in [0.25, 0.3) is 10.0 Å². The molecule has 0 unspecified atom stereocenters. The lowest BCUT2D eigenvalue weighted by Gasteiger charge is -2.30. The second-order valence-electron chi connectivity index (χ2n) is 5.07. The van der Waals surface area contributed by atoms with Crippen LogP contribution in [0.2, 0.25) is 0 Å². The summed E-state index contributed by atoms with van der Waals surface area (Å²) in [6.07, 6.45) is 6.89. The largest absolute Gasteiger partial charge is 0.316 e. The van der Waals surface area contributed by atoms with Gasteiger partial charge in [-0.05, 0) is 19.9 Å². The fourth-order valence-electron chi connectivity index (χ4n) is 2.62. The van der Waals surface area contributed by atoms with Gasteiger partial charge in [0.1, 0.15) is 0 Å². The molecule has 0 aliphatic heterocycles. The van der Waals surface area contributed by atoms with Crippen LogP contribution >= 0.6 is 0 Å². The maximum atomic E-state index is 12.6. The summed E-state index contributed by atoms with van der Waals surface area (Å²) < 4.78 is 26.7. The summed E-state index contributed by atoms with van der Waals surface area (Å²) in [7, 11) is -0.0110. The van der Waals surface area contributed by atoms with Gasteiger partial charge in [-0.3, -0.25) is 5.10 Å². The molecular formula is C12H22N4O2S. The Balaban J connectivity index is 2.22. The van der Waals surface area contributed by atoms with Crippen molar-refractivity contribution in [2.24, 2.45) is 0 Å². The Hall–Kier alpha value is -0.920. The topological polar surface area (TPSA) is 78.1 Å². The van der Waals surface area contributed by atoms with E-state index in [0.29, 0.717) is 12.1 Å². The molecule has 1 aliphatic carbocycles. The van der Waals surface area contributed by atoms with Crippen molar-refractivity contribution in [3.8, 4) is 0 Å². The molecule has 1 fully saturated rings. The molecule has 1 aromatic heterocycles. The van der Waals surface area contributed by atoms with Crippen LogP contribution in [0, 0.1) is 0 Å². The van der Waals surface area contributed by atoms with Crippen LogP contribution in [0.15, 0.2) is 11.2 Å². The SMILES string of the molecule is CNCc1cn[nH]c1S(=O)(=O)N(C)C1CCCCC1. The molecule has 0 saturated heterocycles. The normalized spacial score (nSPS) is 18.1. The fraction of sp³-hybridized carbons (Fsp3) is 0.750. The Bertz CT molecular complexity index is 506. The molecule has 0 aromatic carbocycles. The van der Waals surface area contributed by atoms with E-state index in [0.717, 1.165) is 25.7 Å². The predicted octanol–water partition coefficient (Wildman–Crippen LogP) is 1.08. The lowest BCUT2D eigenvalue weighted by atomic mass is 9.96. The van der Waals surface area contributed by atoms with Crippen molar-refractivity contribution in [1.29, 1.82) is 0 Å². The van der Waals surface area contributed by atoms with Gasteiger partial charge in [0, 0.05) is 25.2 Å². The van der Waals surface area contributed by atoms with Crippen molar-refractivity contribution in [3.63, 3.8) is 0 Å². The van der Waals surface area contributed by atoms with E-state index in [1.807, 2.05) is 0 Å². The third kappa shape index (κ3) is 2.98. The minimum Gasteiger partial charge on any atom is -0.316 e. The molecule has 2 rings (SSSR count). The highest BCUT2D eigenvalue weighted by molar-refractivity contribution is 7.89. The second kappa shape index (κ2) is 6.02. The minimum atomic E-state index is -3.47. The van der Waals surface area contributed by atoms with E-state index in [2.05, 4.69) is 15.5 Å². The molecule has 1 saturated carbocycles. The smallest absolute Gasteiger partial charge is 0.260 e. The number of nitrogens with zero attached hydrogens (tertiary/aromatic N) is 2. The van der Waals surface area contributed by atoms with Gasteiger partial charge < -0.3 is 5.32 Å². The fourth-order valence-corrected chi connectivity index (χ4v) is 4.14. The molecule has 2 N–H and O–H groups in total. The first-order valence-corrected chi connectivity index (χ1v) is 8.16. The molecule has 6 nitrogen and oxygen atoms in total. The quantitative estimate of drug-likeness (QED) is 0.849. The Morgan fingerprint density at radius 1 is 1.42 bits per heavy atom. The van der Waals surface area contributed by atoms with Crippen molar-refractivity contribution in [2.75, 3.05) is 14.1 Å². The first-order chi connectivity index (χ1) is 9.07. The number of aromatic amines is 1. The Labute approximate surface area is 114 Å². The van der Waals surface area contributed by atoms with Crippen LogP contribution in [-0.4, -0.2) is 43.1 Å². The summed E-state index contributed by atoms with van der Waals surface area (Å²) in [5.41, 5.74) is 0.685. The van der Waals surface area contributed by atoms with Gasteiger partial charge in [-0.15, -0.1) is 0 Å². The maximum absolute atomic E-state index is 12.6. The Kier molecular flexibility index (Phi) is 4.59. The number of H-pyrrole nitrogens is 1. The van der Waals surface area contributed by atoms with Crippen LogP contribution in [0.4, 0.5) is 0 Å². The summed E-state index contributed by atoms with van der Waals surface area (Å²) in [6.45, 7) is 0.490. The molecule has 0 bridgehead atoms. The molecule has 0 radical (unpaired) electrons. The monoisotopic (exact) mass is 286 g/mol. The van der Waals surface area contributed by atoms with Gasteiger partial charge in [0.2, 0.25) is 0 Å². The van der Waals surface area contributed by atoms with E-state index >= 15 is 0 Å². The highest BCUT2D eigenvalue weighted by Crippen LogP contribution is 2.26. The molecule has 0 atom stereocenters. The summed E-state index contributed by atoms with van der Waals surface area (Å²) >= 11 is 0. The average molecular weight is 286 g/mol. The summed E-state index contributed by atoms with van der Waals surface area (Å²) in [5, 5.41) is 9.67. The first kappa shape index (κ1) is 14.5. The molecule has 0 spiro atoms. The number of hydrogen-bond acceptors (Lipinski definition) is 4. The highest BCUT2D eigenvalue weighted by Gasteiger charge is 2.31. The molecule has 108 valence electrons. The van der Waals surface area contributed by atoms with E-state index < -0.39 is 10.0 Å². The standard InChI is InChI=1S/C12H22N4O2S/c1-13-8-10-9-14-15-12(10)19(17,18)16(2)11-6-4-3-5-7-11/h9,11,13H,3-8H2,1-2H3,(H,14,15). The van der Waals surface area contributed by atoms with Gasteiger partial charge in [0.05, 0.1) is 6.20 Å². The number of rotatable bonds is 5. The summed E-state index contributed by atoms with van der Waals surface area (Å²) in [5.74, 6) is 0. The molecule has 1 heterocycles. The minimum absolute atomic E-state index is 0.115. The van der Waals surface area contributed by atoms with Gasteiger partial charge in [-0.2, -0.15) is 9.40 Å². The lowest BCUT2D eigenvalue weighted by Crippen LogP contribution is -2.38. The van der Waals surface area contributed by atoms with Gasteiger partial charge in [-0.1, -0.05) is 19.3 Å². The number of nitrogens with one attached hydrogen (secondary N) is 2. The zero-order valence-corrected chi connectivity index (χ0v) is 12.3. The predicted molar refractivity (Wildman–Crippen MR) is 73.2 cm³/mol. The number of aromatic nitrogens is 2. The van der Waals surface area contributed by atoms with Crippen molar-refractivity contribution in [3.05, 3.63) is 11.8 Å². The van der Waals surface area contributed by atoms with E-state index in [1.165, 1.54) is 10.7 Å². The van der Waals surface area contributed by atoms with Crippen molar-refractivity contribution < 1.29 is 8.42 Å². The average Bonchev–Trinajstić information content (AvgIpc) is 2.88. The van der Waals surface area contributed by atoms with Crippen LogP contribution in [0.25, 0.3) is 0 Å². The third-order valence-electron chi connectivity index (χ3n) is 3.77. The second-order valence-corrected chi connectivity index (χ2v) is 7.00. The highest BCUT2D eigenvalue weighted by atomic mass is 32.2. The number of hydrogen-bond donors (Lipinski definition) is 2. The number of sulfonamides is 1. The van der Waals surface area contributed by atoms with E-state index in [9.17, 15) is 8.42 Å². The van der Waals surface area contributed by atoms with Gasteiger partial charge >= 0.3 is 0 Å². The first-order valence-electron chi connectivity index (χ1n) is 6.72. The molecule has 7 heteroatoms. The molecule has 19 heavy (non-hydrogen) atoms. The molecule has 1 aliphatic rings. The molecule has 1 aromatic rings. The maximum Gasteiger partial charge on any atom is 0.260 e.